The Morgan fingerprint density at radius 1 is 1.43 bits per heavy atom. The number of rotatable bonds is 5. The van der Waals surface area contributed by atoms with Gasteiger partial charge < -0.3 is 19.7 Å². The van der Waals surface area contributed by atoms with Crippen LogP contribution in [0.1, 0.15) is 45.4 Å². The second-order valence-electron chi connectivity index (χ2n) is 6.53. The van der Waals surface area contributed by atoms with E-state index in [2.05, 4.69) is 10.3 Å². The zero-order valence-electron chi connectivity index (χ0n) is 13.7. The highest BCUT2D eigenvalue weighted by Gasteiger charge is 2.29. The molecule has 1 aromatic carbocycles. The van der Waals surface area contributed by atoms with Crippen molar-refractivity contribution in [3.8, 4) is 0 Å². The van der Waals surface area contributed by atoms with E-state index in [4.69, 9.17) is 4.42 Å². The van der Waals surface area contributed by atoms with Gasteiger partial charge in [-0.25, -0.2) is 9.78 Å². The molecule has 23 heavy (non-hydrogen) atoms. The Kier molecular flexibility index (Phi) is 4.26. The van der Waals surface area contributed by atoms with Gasteiger partial charge in [-0.1, -0.05) is 0 Å². The van der Waals surface area contributed by atoms with Crippen molar-refractivity contribution in [1.82, 2.24) is 9.88 Å². The molecule has 6 nitrogen and oxygen atoms in total. The first kappa shape index (κ1) is 15.8. The monoisotopic (exact) mass is 317 g/mol. The number of benzene rings is 1. The number of fused-ring (bicyclic) bond motifs is 1. The minimum atomic E-state index is -0.567. The van der Waals surface area contributed by atoms with Crippen LogP contribution < -0.4 is 5.32 Å². The van der Waals surface area contributed by atoms with E-state index in [1.807, 2.05) is 32.0 Å². The molecule has 2 aromatic rings. The maximum atomic E-state index is 12.4. The van der Waals surface area contributed by atoms with E-state index in [0.29, 0.717) is 18.2 Å². The Bertz CT molecular complexity index is 704. The summed E-state index contributed by atoms with van der Waals surface area (Å²) in [6, 6.07) is 5.23. The van der Waals surface area contributed by atoms with Crippen LogP contribution in [-0.2, 0) is 0 Å². The third-order valence-electron chi connectivity index (χ3n) is 3.93. The summed E-state index contributed by atoms with van der Waals surface area (Å²) >= 11 is 0. The number of amides is 2. The van der Waals surface area contributed by atoms with Gasteiger partial charge >= 0.3 is 6.03 Å². The van der Waals surface area contributed by atoms with Crippen molar-refractivity contribution in [3.63, 3.8) is 0 Å². The van der Waals surface area contributed by atoms with Crippen LogP contribution in [0.25, 0.3) is 11.1 Å². The molecule has 2 amide bonds. The molecule has 3 rings (SSSR count). The molecular weight excluding hydrogens is 294 g/mol. The molecule has 124 valence electrons. The molecule has 0 aliphatic heterocycles. The Balaban J connectivity index is 1.75. The Morgan fingerprint density at radius 3 is 2.78 bits per heavy atom. The van der Waals surface area contributed by atoms with Crippen LogP contribution in [-0.4, -0.2) is 39.7 Å². The average Bonchev–Trinajstić information content (AvgIpc) is 3.24. The largest absolute Gasteiger partial charge is 0.440 e. The number of aliphatic hydroxyl groups is 1. The number of carbonyl (C=O) groups excluding carboxylic acids is 1. The summed E-state index contributed by atoms with van der Waals surface area (Å²) < 4.78 is 5.72. The molecule has 0 spiro atoms. The first-order valence-corrected chi connectivity index (χ1v) is 8.10. The van der Waals surface area contributed by atoms with Crippen LogP contribution in [0.5, 0.6) is 0 Å². The van der Waals surface area contributed by atoms with Gasteiger partial charge in [-0.3, -0.25) is 0 Å². The highest BCUT2D eigenvalue weighted by molar-refractivity contribution is 5.91. The third kappa shape index (κ3) is 3.64. The first-order chi connectivity index (χ1) is 10.9. The number of hydrogen-bond donors (Lipinski definition) is 2. The number of anilines is 1. The maximum Gasteiger partial charge on any atom is 0.322 e. The summed E-state index contributed by atoms with van der Waals surface area (Å²) in [5.41, 5.74) is 2.18. The van der Waals surface area contributed by atoms with Gasteiger partial charge in [0.25, 0.3) is 0 Å². The third-order valence-corrected chi connectivity index (χ3v) is 3.93. The average molecular weight is 317 g/mol. The van der Waals surface area contributed by atoms with Gasteiger partial charge in [0.05, 0.1) is 6.10 Å². The number of nitrogens with one attached hydrogen (secondary N) is 1. The highest BCUT2D eigenvalue weighted by atomic mass is 16.3. The molecule has 1 unspecified atom stereocenters. The van der Waals surface area contributed by atoms with Gasteiger partial charge in [0.15, 0.2) is 11.5 Å². The molecule has 1 aliphatic carbocycles. The Morgan fingerprint density at radius 2 is 2.17 bits per heavy atom. The van der Waals surface area contributed by atoms with E-state index in [9.17, 15) is 9.90 Å². The normalized spacial score (nSPS) is 15.9. The fourth-order valence-electron chi connectivity index (χ4n) is 2.54. The van der Waals surface area contributed by atoms with Crippen LogP contribution in [0.3, 0.4) is 0 Å². The molecule has 0 radical (unpaired) electrons. The molecule has 6 heteroatoms. The quantitative estimate of drug-likeness (QED) is 0.886. The Hall–Kier alpha value is -2.08. The summed E-state index contributed by atoms with van der Waals surface area (Å²) in [5.74, 6) is 1.25. The minimum Gasteiger partial charge on any atom is -0.440 e. The first-order valence-electron chi connectivity index (χ1n) is 8.10. The lowest BCUT2D eigenvalue weighted by atomic mass is 10.2. The standard InChI is InChI=1S/C17H23N3O3/c1-10(2)20(9-11(3)21)17(22)18-13-6-7-15-14(8-13)19-16(23-15)12-4-5-12/h6-8,10-12,21H,4-5,9H2,1-3H3,(H,18,22). The topological polar surface area (TPSA) is 78.6 Å². The lowest BCUT2D eigenvalue weighted by molar-refractivity contribution is 0.125. The number of carbonyl (C=O) groups is 1. The zero-order chi connectivity index (χ0) is 16.6. The summed E-state index contributed by atoms with van der Waals surface area (Å²) in [6.45, 7) is 5.81. The van der Waals surface area contributed by atoms with Gasteiger partial charge in [0.1, 0.15) is 5.52 Å². The molecular formula is C17H23N3O3. The van der Waals surface area contributed by atoms with Crippen molar-refractivity contribution >= 4 is 22.8 Å². The number of aromatic nitrogens is 1. The molecule has 1 aromatic heterocycles. The zero-order valence-corrected chi connectivity index (χ0v) is 13.7. The van der Waals surface area contributed by atoms with E-state index in [1.54, 1.807) is 11.8 Å². The van der Waals surface area contributed by atoms with E-state index >= 15 is 0 Å². The number of nitrogens with zero attached hydrogens (tertiary/aromatic N) is 2. The van der Waals surface area contributed by atoms with Gasteiger partial charge in [-0.15, -0.1) is 0 Å². The molecule has 0 saturated heterocycles. The smallest absolute Gasteiger partial charge is 0.322 e. The van der Waals surface area contributed by atoms with Crippen molar-refractivity contribution in [3.05, 3.63) is 24.1 Å². The van der Waals surface area contributed by atoms with Crippen LogP contribution >= 0.6 is 0 Å². The molecule has 1 aliphatic rings. The number of urea groups is 1. The molecule has 1 fully saturated rings. The fourth-order valence-corrected chi connectivity index (χ4v) is 2.54. The molecule has 1 heterocycles. The predicted molar refractivity (Wildman–Crippen MR) is 88.5 cm³/mol. The van der Waals surface area contributed by atoms with Crippen LogP contribution in [0, 0.1) is 0 Å². The minimum absolute atomic E-state index is 0.00171. The number of aliphatic hydroxyl groups excluding tert-OH is 1. The van der Waals surface area contributed by atoms with Crippen molar-refractivity contribution in [1.29, 1.82) is 0 Å². The molecule has 0 bridgehead atoms. The lowest BCUT2D eigenvalue weighted by Gasteiger charge is -2.28. The van der Waals surface area contributed by atoms with Crippen molar-refractivity contribution in [2.24, 2.45) is 0 Å². The van der Waals surface area contributed by atoms with Crippen molar-refractivity contribution in [2.75, 3.05) is 11.9 Å². The van der Waals surface area contributed by atoms with E-state index < -0.39 is 6.10 Å². The lowest BCUT2D eigenvalue weighted by Crippen LogP contribution is -2.43. The number of oxazole rings is 1. The van der Waals surface area contributed by atoms with E-state index in [-0.39, 0.29) is 12.1 Å². The highest BCUT2D eigenvalue weighted by Crippen LogP contribution is 2.40. The van der Waals surface area contributed by atoms with Gasteiger partial charge in [0.2, 0.25) is 0 Å². The van der Waals surface area contributed by atoms with E-state index in [0.717, 1.165) is 29.8 Å². The summed E-state index contributed by atoms with van der Waals surface area (Å²) in [7, 11) is 0. The van der Waals surface area contributed by atoms with Crippen LogP contribution in [0.4, 0.5) is 10.5 Å². The van der Waals surface area contributed by atoms with E-state index in [1.165, 1.54) is 0 Å². The summed E-state index contributed by atoms with van der Waals surface area (Å²) in [5, 5.41) is 12.4. The SMILES string of the molecule is CC(O)CN(C(=O)Nc1ccc2oc(C3CC3)nc2c1)C(C)C. The summed E-state index contributed by atoms with van der Waals surface area (Å²) in [4.78, 5) is 18.5. The maximum absolute atomic E-state index is 12.4. The summed E-state index contributed by atoms with van der Waals surface area (Å²) in [6.07, 6.45) is 1.71. The van der Waals surface area contributed by atoms with Gasteiger partial charge in [-0.2, -0.15) is 0 Å². The number of hydrogen-bond acceptors (Lipinski definition) is 4. The molecule has 2 N–H and O–H groups in total. The molecule has 1 atom stereocenters. The second kappa shape index (κ2) is 6.20. The van der Waals surface area contributed by atoms with Gasteiger partial charge in [-0.05, 0) is 51.8 Å². The van der Waals surface area contributed by atoms with Gasteiger partial charge in [0, 0.05) is 24.2 Å². The van der Waals surface area contributed by atoms with Crippen LogP contribution in [0.2, 0.25) is 0 Å². The Labute approximate surface area is 135 Å². The van der Waals surface area contributed by atoms with Crippen molar-refractivity contribution in [2.45, 2.75) is 51.7 Å². The molecule has 1 saturated carbocycles. The second-order valence-corrected chi connectivity index (χ2v) is 6.53. The fraction of sp³-hybridized carbons (Fsp3) is 0.529. The van der Waals surface area contributed by atoms with Crippen LogP contribution in [0.15, 0.2) is 22.6 Å². The predicted octanol–water partition coefficient (Wildman–Crippen LogP) is 3.33. The van der Waals surface area contributed by atoms with Crippen molar-refractivity contribution < 1.29 is 14.3 Å².